The molecule has 1 amide bonds. The van der Waals surface area contributed by atoms with Crippen LogP contribution >= 0.6 is 23.2 Å². The first-order valence-electron chi connectivity index (χ1n) is 8.42. The first kappa shape index (κ1) is 20.1. The quantitative estimate of drug-likeness (QED) is 0.723. The van der Waals surface area contributed by atoms with Gasteiger partial charge in [0.25, 0.3) is 5.91 Å². The number of aromatic nitrogens is 1. The highest BCUT2D eigenvalue weighted by atomic mass is 35.5. The average Bonchev–Trinajstić information content (AvgIpc) is 2.62. The van der Waals surface area contributed by atoms with Gasteiger partial charge in [-0.05, 0) is 56.0 Å². The minimum absolute atomic E-state index is 0.0639. The lowest BCUT2D eigenvalue weighted by Crippen LogP contribution is -2.29. The van der Waals surface area contributed by atoms with Gasteiger partial charge in [-0.2, -0.15) is 0 Å². The minimum Gasteiger partial charge on any atom is -0.393 e. The molecule has 0 unspecified atom stereocenters. The molecule has 0 bridgehead atoms. The van der Waals surface area contributed by atoms with Crippen LogP contribution in [0.2, 0.25) is 10.2 Å². The Hall–Kier alpha value is -1.67. The Balaban J connectivity index is 1.86. The van der Waals surface area contributed by atoms with Crippen molar-refractivity contribution in [2.45, 2.75) is 41.9 Å². The molecule has 2 aromatic rings. The highest BCUT2D eigenvalue weighted by Gasteiger charge is 2.33. The van der Waals surface area contributed by atoms with Crippen molar-refractivity contribution in [1.82, 2.24) is 4.98 Å². The van der Waals surface area contributed by atoms with Crippen molar-refractivity contribution < 1.29 is 18.3 Å². The third-order valence-corrected chi connectivity index (χ3v) is 7.52. The molecule has 1 fully saturated rings. The van der Waals surface area contributed by atoms with Gasteiger partial charge in [0.1, 0.15) is 5.15 Å². The fourth-order valence-corrected chi connectivity index (χ4v) is 5.58. The molecular formula is C18H18Cl2N2O4S. The number of carbonyl (C=O) groups is 1. The average molecular weight is 429 g/mol. The number of hydrogen-bond acceptors (Lipinski definition) is 5. The number of hydrogen-bond donors (Lipinski definition) is 2. The molecule has 0 spiro atoms. The number of halogens is 2. The maximum Gasteiger partial charge on any atom is 0.255 e. The van der Waals surface area contributed by atoms with Crippen LogP contribution < -0.4 is 5.32 Å². The fraction of sp³-hybridized carbons (Fsp3) is 0.333. The number of rotatable bonds is 4. The molecule has 1 aromatic carbocycles. The Morgan fingerprint density at radius 3 is 2.48 bits per heavy atom. The summed E-state index contributed by atoms with van der Waals surface area (Å²) < 4.78 is 25.9. The zero-order valence-corrected chi connectivity index (χ0v) is 16.6. The summed E-state index contributed by atoms with van der Waals surface area (Å²) in [5.74, 6) is -0.482. The van der Waals surface area contributed by atoms with Crippen LogP contribution in [0.25, 0.3) is 0 Å². The smallest absolute Gasteiger partial charge is 0.255 e. The number of anilines is 1. The van der Waals surface area contributed by atoms with Gasteiger partial charge in [-0.1, -0.05) is 23.2 Å². The van der Waals surface area contributed by atoms with Crippen molar-refractivity contribution in [1.29, 1.82) is 0 Å². The third-order valence-electron chi connectivity index (χ3n) is 4.57. The molecule has 1 heterocycles. The van der Waals surface area contributed by atoms with E-state index < -0.39 is 27.1 Å². The van der Waals surface area contributed by atoms with E-state index in [1.807, 2.05) is 0 Å². The molecule has 3 rings (SSSR count). The summed E-state index contributed by atoms with van der Waals surface area (Å²) in [6.07, 6.45) is 2.59. The highest BCUT2D eigenvalue weighted by Crippen LogP contribution is 2.33. The first-order valence-corrected chi connectivity index (χ1v) is 10.7. The van der Waals surface area contributed by atoms with Gasteiger partial charge >= 0.3 is 0 Å². The van der Waals surface area contributed by atoms with Crippen LogP contribution in [0.5, 0.6) is 0 Å². The molecule has 0 radical (unpaired) electrons. The molecule has 1 aliphatic carbocycles. The lowest BCUT2D eigenvalue weighted by molar-refractivity contribution is 0.102. The maximum atomic E-state index is 13.0. The van der Waals surface area contributed by atoms with Crippen molar-refractivity contribution >= 4 is 44.6 Å². The van der Waals surface area contributed by atoms with Crippen LogP contribution in [-0.2, 0) is 9.84 Å². The highest BCUT2D eigenvalue weighted by molar-refractivity contribution is 7.92. The van der Waals surface area contributed by atoms with Gasteiger partial charge in [0, 0.05) is 17.4 Å². The van der Waals surface area contributed by atoms with Crippen molar-refractivity contribution in [3.05, 3.63) is 52.3 Å². The number of aliphatic hydroxyl groups is 1. The van der Waals surface area contributed by atoms with Gasteiger partial charge in [-0.25, -0.2) is 13.4 Å². The maximum absolute atomic E-state index is 13.0. The van der Waals surface area contributed by atoms with E-state index in [2.05, 4.69) is 10.3 Å². The van der Waals surface area contributed by atoms with E-state index in [1.165, 1.54) is 30.5 Å². The second kappa shape index (κ2) is 8.14. The Kier molecular flexibility index (Phi) is 6.05. The number of pyridine rings is 1. The predicted octanol–water partition coefficient (Wildman–Crippen LogP) is 3.72. The van der Waals surface area contributed by atoms with Crippen LogP contribution in [0.3, 0.4) is 0 Å². The molecule has 1 saturated carbocycles. The summed E-state index contributed by atoms with van der Waals surface area (Å²) in [5, 5.41) is 11.9. The van der Waals surface area contributed by atoms with Crippen LogP contribution in [0.4, 0.5) is 5.69 Å². The Bertz CT molecular complexity index is 958. The van der Waals surface area contributed by atoms with E-state index in [0.717, 1.165) is 0 Å². The van der Waals surface area contributed by atoms with Crippen LogP contribution in [-0.4, -0.2) is 35.8 Å². The van der Waals surface area contributed by atoms with Gasteiger partial charge in [0.15, 0.2) is 9.84 Å². The molecule has 0 saturated heterocycles. The number of aliphatic hydroxyl groups excluding tert-OH is 1. The van der Waals surface area contributed by atoms with Gasteiger partial charge < -0.3 is 10.4 Å². The van der Waals surface area contributed by atoms with Crippen molar-refractivity contribution in [2.24, 2.45) is 0 Å². The molecule has 0 aliphatic heterocycles. The third kappa shape index (κ3) is 4.60. The summed E-state index contributed by atoms with van der Waals surface area (Å²) in [6, 6.07) is 7.22. The summed E-state index contributed by atoms with van der Waals surface area (Å²) in [6.45, 7) is 0. The van der Waals surface area contributed by atoms with E-state index in [9.17, 15) is 18.3 Å². The minimum atomic E-state index is -3.71. The number of nitrogens with one attached hydrogen (secondary N) is 1. The Morgan fingerprint density at radius 1 is 1.11 bits per heavy atom. The largest absolute Gasteiger partial charge is 0.393 e. The van der Waals surface area contributed by atoms with Crippen LogP contribution in [0.15, 0.2) is 41.4 Å². The van der Waals surface area contributed by atoms with Gasteiger partial charge in [0.2, 0.25) is 0 Å². The lowest BCUT2D eigenvalue weighted by Gasteiger charge is -2.25. The predicted molar refractivity (Wildman–Crippen MR) is 104 cm³/mol. The van der Waals surface area contributed by atoms with Gasteiger partial charge in [-0.15, -0.1) is 0 Å². The number of benzene rings is 1. The fourth-order valence-electron chi connectivity index (χ4n) is 3.08. The van der Waals surface area contributed by atoms with E-state index in [0.29, 0.717) is 31.4 Å². The second-order valence-corrected chi connectivity index (χ2v) is 9.43. The summed E-state index contributed by atoms with van der Waals surface area (Å²) in [7, 11) is -3.71. The summed E-state index contributed by atoms with van der Waals surface area (Å²) >= 11 is 11.9. The van der Waals surface area contributed by atoms with Crippen LogP contribution in [0.1, 0.15) is 36.0 Å². The molecular weight excluding hydrogens is 411 g/mol. The second-order valence-electron chi connectivity index (χ2n) is 6.44. The number of carbonyl (C=O) groups excluding carboxylic acids is 1. The lowest BCUT2D eigenvalue weighted by atomic mass is 9.97. The van der Waals surface area contributed by atoms with Crippen molar-refractivity contribution in [3.8, 4) is 0 Å². The SMILES string of the molecule is O=C(Nc1ccnc(Cl)c1)c1ccc(Cl)c(S(=O)(=O)C2CCC(O)CC2)c1. The van der Waals surface area contributed by atoms with E-state index >= 15 is 0 Å². The van der Waals surface area contributed by atoms with E-state index in [1.54, 1.807) is 6.07 Å². The Morgan fingerprint density at radius 2 is 1.81 bits per heavy atom. The Labute approximate surface area is 167 Å². The number of nitrogens with zero attached hydrogens (tertiary/aromatic N) is 1. The zero-order valence-electron chi connectivity index (χ0n) is 14.2. The van der Waals surface area contributed by atoms with Crippen molar-refractivity contribution in [2.75, 3.05) is 5.32 Å². The first-order chi connectivity index (χ1) is 12.8. The zero-order chi connectivity index (χ0) is 19.6. The standard InChI is InChI=1S/C18H18Cl2N2O4S/c19-15-6-1-11(18(24)22-12-7-8-21-17(20)10-12)9-16(15)27(25,26)14-4-2-13(23)3-5-14/h1,6-10,13-14,23H,2-5H2,(H,21,22,24). The van der Waals surface area contributed by atoms with E-state index in [-0.39, 0.29) is 20.6 Å². The summed E-state index contributed by atoms with van der Waals surface area (Å²) in [4.78, 5) is 16.3. The van der Waals surface area contributed by atoms with Crippen molar-refractivity contribution in [3.63, 3.8) is 0 Å². The van der Waals surface area contributed by atoms with Gasteiger partial charge in [-0.3, -0.25) is 4.79 Å². The molecule has 9 heteroatoms. The van der Waals surface area contributed by atoms with Gasteiger partial charge in [0.05, 0.1) is 21.3 Å². The molecule has 2 N–H and O–H groups in total. The molecule has 6 nitrogen and oxygen atoms in total. The molecule has 0 atom stereocenters. The van der Waals surface area contributed by atoms with E-state index in [4.69, 9.17) is 23.2 Å². The normalized spacial score (nSPS) is 20.3. The number of amides is 1. The molecule has 144 valence electrons. The number of sulfone groups is 1. The molecule has 1 aromatic heterocycles. The molecule has 27 heavy (non-hydrogen) atoms. The monoisotopic (exact) mass is 428 g/mol. The topological polar surface area (TPSA) is 96.4 Å². The summed E-state index contributed by atoms with van der Waals surface area (Å²) in [5.41, 5.74) is 0.613. The molecule has 1 aliphatic rings. The van der Waals surface area contributed by atoms with Crippen LogP contribution in [0, 0.1) is 0 Å².